The molecule has 2 heterocycles. The molecule has 0 aromatic heterocycles. The van der Waals surface area contributed by atoms with Crippen LogP contribution in [0.25, 0.3) is 0 Å². The molecule has 2 fully saturated rings. The molecule has 2 aliphatic rings. The Morgan fingerprint density at radius 1 is 1.43 bits per heavy atom. The Morgan fingerprint density at radius 2 is 2.07 bits per heavy atom. The first-order valence-electron chi connectivity index (χ1n) is 5.42. The Kier molecular flexibility index (Phi) is 2.49. The minimum absolute atomic E-state index is 0.0250. The standard InChI is InChI=1S/C10H19N3O/c1-3-13-6-4-10(5-7-13)11-8-9(14)12(10)2/h11H,3-8H2,1-2H3. The van der Waals surface area contributed by atoms with Crippen molar-refractivity contribution in [2.45, 2.75) is 25.4 Å². The Hall–Kier alpha value is -0.610. The lowest BCUT2D eigenvalue weighted by atomic mass is 9.96. The maximum absolute atomic E-state index is 11.4. The molecule has 0 aliphatic carbocycles. The van der Waals surface area contributed by atoms with E-state index in [9.17, 15) is 4.79 Å². The van der Waals surface area contributed by atoms with Crippen molar-refractivity contribution in [1.82, 2.24) is 15.1 Å². The number of carbonyl (C=O) groups excluding carboxylic acids is 1. The van der Waals surface area contributed by atoms with Crippen molar-refractivity contribution in [2.24, 2.45) is 0 Å². The number of hydrogen-bond acceptors (Lipinski definition) is 3. The van der Waals surface area contributed by atoms with Crippen LogP contribution in [0.5, 0.6) is 0 Å². The number of carbonyl (C=O) groups is 1. The highest BCUT2D eigenvalue weighted by atomic mass is 16.2. The third kappa shape index (κ3) is 1.42. The van der Waals surface area contributed by atoms with E-state index in [1.54, 1.807) is 0 Å². The SMILES string of the molecule is CCN1CCC2(CC1)NCC(=O)N2C. The summed E-state index contributed by atoms with van der Waals surface area (Å²) in [5, 5.41) is 3.37. The van der Waals surface area contributed by atoms with E-state index in [2.05, 4.69) is 17.1 Å². The van der Waals surface area contributed by atoms with Gasteiger partial charge in [-0.15, -0.1) is 0 Å². The van der Waals surface area contributed by atoms with Gasteiger partial charge in [-0.1, -0.05) is 6.92 Å². The molecule has 2 aliphatic heterocycles. The van der Waals surface area contributed by atoms with Crippen LogP contribution >= 0.6 is 0 Å². The summed E-state index contributed by atoms with van der Waals surface area (Å²) in [5.41, 5.74) is -0.0250. The van der Waals surface area contributed by atoms with Gasteiger partial charge in [0.15, 0.2) is 0 Å². The lowest BCUT2D eigenvalue weighted by Crippen LogP contribution is -2.57. The molecule has 2 rings (SSSR count). The van der Waals surface area contributed by atoms with Gasteiger partial charge >= 0.3 is 0 Å². The summed E-state index contributed by atoms with van der Waals surface area (Å²) in [5.74, 6) is 0.231. The normalized spacial score (nSPS) is 27.6. The highest BCUT2D eigenvalue weighted by Crippen LogP contribution is 2.28. The monoisotopic (exact) mass is 197 g/mol. The lowest BCUT2D eigenvalue weighted by molar-refractivity contribution is -0.129. The fourth-order valence-electron chi connectivity index (χ4n) is 2.47. The van der Waals surface area contributed by atoms with E-state index in [0.29, 0.717) is 6.54 Å². The molecule has 1 N–H and O–H groups in total. The second-order valence-corrected chi connectivity index (χ2v) is 4.27. The number of likely N-dealkylation sites (tertiary alicyclic amines) is 1. The Morgan fingerprint density at radius 3 is 2.50 bits per heavy atom. The summed E-state index contributed by atoms with van der Waals surface area (Å²) in [6.45, 7) is 6.02. The van der Waals surface area contributed by atoms with Crippen molar-refractivity contribution in [3.05, 3.63) is 0 Å². The average Bonchev–Trinajstić information content (AvgIpc) is 2.49. The van der Waals surface area contributed by atoms with Crippen LogP contribution in [0.1, 0.15) is 19.8 Å². The molecule has 0 aromatic carbocycles. The molecule has 0 atom stereocenters. The molecule has 0 saturated carbocycles. The summed E-state index contributed by atoms with van der Waals surface area (Å²) in [4.78, 5) is 15.8. The second-order valence-electron chi connectivity index (χ2n) is 4.27. The molecule has 2 saturated heterocycles. The Bertz CT molecular complexity index is 234. The van der Waals surface area contributed by atoms with E-state index in [4.69, 9.17) is 0 Å². The third-order valence-electron chi connectivity index (χ3n) is 3.72. The van der Waals surface area contributed by atoms with Crippen LogP contribution < -0.4 is 5.32 Å². The number of hydrogen-bond donors (Lipinski definition) is 1. The van der Waals surface area contributed by atoms with Crippen LogP contribution in [0.2, 0.25) is 0 Å². The van der Waals surface area contributed by atoms with Gasteiger partial charge < -0.3 is 9.80 Å². The maximum atomic E-state index is 11.4. The van der Waals surface area contributed by atoms with E-state index < -0.39 is 0 Å². The minimum Gasteiger partial charge on any atom is -0.326 e. The predicted octanol–water partition coefficient (Wildman–Crippen LogP) is -0.140. The van der Waals surface area contributed by atoms with Gasteiger partial charge in [0.1, 0.15) is 0 Å². The molecule has 0 aromatic rings. The number of amides is 1. The van der Waals surface area contributed by atoms with Crippen molar-refractivity contribution >= 4 is 5.91 Å². The van der Waals surface area contributed by atoms with Gasteiger partial charge in [0.25, 0.3) is 0 Å². The highest BCUT2D eigenvalue weighted by Gasteiger charge is 2.44. The molecular weight excluding hydrogens is 178 g/mol. The van der Waals surface area contributed by atoms with Crippen LogP contribution in [-0.4, -0.2) is 54.6 Å². The van der Waals surface area contributed by atoms with Crippen molar-refractivity contribution in [3.8, 4) is 0 Å². The van der Waals surface area contributed by atoms with Crippen molar-refractivity contribution < 1.29 is 4.79 Å². The Balaban J connectivity index is 2.02. The summed E-state index contributed by atoms with van der Waals surface area (Å²) >= 11 is 0. The molecule has 1 spiro atoms. The third-order valence-corrected chi connectivity index (χ3v) is 3.72. The molecule has 1 amide bonds. The van der Waals surface area contributed by atoms with Gasteiger partial charge in [-0.25, -0.2) is 0 Å². The predicted molar refractivity (Wildman–Crippen MR) is 54.9 cm³/mol. The van der Waals surface area contributed by atoms with Crippen molar-refractivity contribution in [2.75, 3.05) is 33.2 Å². The van der Waals surface area contributed by atoms with E-state index in [1.807, 2.05) is 11.9 Å². The Labute approximate surface area is 85.2 Å². The zero-order valence-electron chi connectivity index (χ0n) is 9.05. The zero-order chi connectivity index (χ0) is 10.2. The average molecular weight is 197 g/mol. The van der Waals surface area contributed by atoms with Gasteiger partial charge in [0, 0.05) is 20.1 Å². The first kappa shape index (κ1) is 9.93. The number of likely N-dealkylation sites (N-methyl/N-ethyl adjacent to an activating group) is 1. The second kappa shape index (κ2) is 3.51. The molecular formula is C10H19N3O. The molecule has 0 bridgehead atoms. The number of piperidine rings is 1. The summed E-state index contributed by atoms with van der Waals surface area (Å²) < 4.78 is 0. The maximum Gasteiger partial charge on any atom is 0.237 e. The van der Waals surface area contributed by atoms with Crippen molar-refractivity contribution in [1.29, 1.82) is 0 Å². The van der Waals surface area contributed by atoms with Gasteiger partial charge in [-0.2, -0.15) is 0 Å². The first-order chi connectivity index (χ1) is 6.68. The van der Waals surface area contributed by atoms with Crippen LogP contribution in [0.15, 0.2) is 0 Å². The van der Waals surface area contributed by atoms with Crippen LogP contribution in [-0.2, 0) is 4.79 Å². The molecule has 80 valence electrons. The number of nitrogens with one attached hydrogen (secondary N) is 1. The van der Waals surface area contributed by atoms with Crippen LogP contribution in [0, 0.1) is 0 Å². The highest BCUT2D eigenvalue weighted by molar-refractivity contribution is 5.81. The van der Waals surface area contributed by atoms with Gasteiger partial charge in [0.2, 0.25) is 5.91 Å². The fourth-order valence-corrected chi connectivity index (χ4v) is 2.47. The topological polar surface area (TPSA) is 35.6 Å². The minimum atomic E-state index is -0.0250. The summed E-state index contributed by atoms with van der Waals surface area (Å²) in [6, 6.07) is 0. The molecule has 0 radical (unpaired) electrons. The van der Waals surface area contributed by atoms with Crippen LogP contribution in [0.3, 0.4) is 0 Å². The largest absolute Gasteiger partial charge is 0.326 e. The van der Waals surface area contributed by atoms with E-state index >= 15 is 0 Å². The summed E-state index contributed by atoms with van der Waals surface area (Å²) in [7, 11) is 1.92. The number of nitrogens with zero attached hydrogens (tertiary/aromatic N) is 2. The molecule has 4 nitrogen and oxygen atoms in total. The van der Waals surface area contributed by atoms with Gasteiger partial charge in [-0.05, 0) is 19.4 Å². The van der Waals surface area contributed by atoms with Gasteiger partial charge in [-0.3, -0.25) is 10.1 Å². The molecule has 0 unspecified atom stereocenters. The number of rotatable bonds is 1. The fraction of sp³-hybridized carbons (Fsp3) is 0.900. The van der Waals surface area contributed by atoms with E-state index in [-0.39, 0.29) is 11.6 Å². The smallest absolute Gasteiger partial charge is 0.237 e. The lowest BCUT2D eigenvalue weighted by Gasteiger charge is -2.43. The molecule has 4 heteroatoms. The zero-order valence-corrected chi connectivity index (χ0v) is 9.05. The van der Waals surface area contributed by atoms with Crippen molar-refractivity contribution in [3.63, 3.8) is 0 Å². The summed E-state index contributed by atoms with van der Waals surface area (Å²) in [6.07, 6.45) is 2.12. The molecule has 14 heavy (non-hydrogen) atoms. The van der Waals surface area contributed by atoms with E-state index in [1.165, 1.54) is 0 Å². The first-order valence-corrected chi connectivity index (χ1v) is 5.42. The quantitative estimate of drug-likeness (QED) is 0.635. The van der Waals surface area contributed by atoms with Crippen LogP contribution in [0.4, 0.5) is 0 Å². The van der Waals surface area contributed by atoms with E-state index in [0.717, 1.165) is 32.5 Å². The van der Waals surface area contributed by atoms with Gasteiger partial charge in [0.05, 0.1) is 12.2 Å².